The smallest absolute Gasteiger partial charge is 0.222 e. The summed E-state index contributed by atoms with van der Waals surface area (Å²) in [4.78, 5) is 19.1. The molecule has 0 saturated carbocycles. The Kier molecular flexibility index (Phi) is 5.36. The second-order valence-corrected chi connectivity index (χ2v) is 7.16. The lowest BCUT2D eigenvalue weighted by Gasteiger charge is -2.34. The van der Waals surface area contributed by atoms with Gasteiger partial charge in [-0.25, -0.2) is 4.98 Å². The first-order valence-electron chi connectivity index (χ1n) is 9.07. The molecule has 0 unspecified atom stereocenters. The van der Waals surface area contributed by atoms with Gasteiger partial charge < -0.3 is 14.2 Å². The van der Waals surface area contributed by atoms with Crippen molar-refractivity contribution >= 4 is 5.91 Å². The molecule has 5 heteroatoms. The molecule has 1 amide bonds. The number of hydrogen-bond acceptors (Lipinski definition) is 3. The molecule has 2 atom stereocenters. The quantitative estimate of drug-likeness (QED) is 0.838. The zero-order valence-corrected chi connectivity index (χ0v) is 14.4. The van der Waals surface area contributed by atoms with Crippen molar-refractivity contribution in [3.05, 3.63) is 18.2 Å². The number of piperidine rings is 1. The molecule has 1 aromatic rings. The van der Waals surface area contributed by atoms with Gasteiger partial charge in [0.15, 0.2) is 0 Å². The minimum atomic E-state index is 0.288. The van der Waals surface area contributed by atoms with Crippen molar-refractivity contribution in [3.63, 3.8) is 0 Å². The van der Waals surface area contributed by atoms with Gasteiger partial charge in [0.05, 0.1) is 12.1 Å². The molecule has 0 aliphatic carbocycles. The number of nitrogens with zero attached hydrogens (tertiary/aromatic N) is 3. The van der Waals surface area contributed by atoms with Crippen LogP contribution in [0.25, 0.3) is 0 Å². The summed E-state index contributed by atoms with van der Waals surface area (Å²) in [7, 11) is 0. The highest BCUT2D eigenvalue weighted by Gasteiger charge is 2.27. The van der Waals surface area contributed by atoms with E-state index in [1.165, 1.54) is 0 Å². The van der Waals surface area contributed by atoms with E-state index in [0.717, 1.165) is 57.6 Å². The average Bonchev–Trinajstić information content (AvgIpc) is 3.24. The van der Waals surface area contributed by atoms with Gasteiger partial charge in [0.2, 0.25) is 5.91 Å². The molecule has 0 N–H and O–H groups in total. The standard InChI is InChI=1S/C18H29N3O2/c1-14(2)18-19-9-11-21(18)15-5-3-10-20(13-15)17(22)8-7-16-6-4-12-23-16/h9,11,14-16H,3-8,10,12-13H2,1-2H3/t15-,16+/m1/s1. The maximum Gasteiger partial charge on any atom is 0.222 e. The van der Waals surface area contributed by atoms with E-state index in [0.29, 0.717) is 24.5 Å². The van der Waals surface area contributed by atoms with Gasteiger partial charge in [-0.15, -0.1) is 0 Å². The van der Waals surface area contributed by atoms with Crippen molar-refractivity contribution in [2.75, 3.05) is 19.7 Å². The molecule has 0 bridgehead atoms. The third-order valence-corrected chi connectivity index (χ3v) is 5.06. The number of rotatable bonds is 5. The number of likely N-dealkylation sites (tertiary alicyclic amines) is 1. The van der Waals surface area contributed by atoms with Crippen molar-refractivity contribution in [3.8, 4) is 0 Å². The average molecular weight is 319 g/mol. The van der Waals surface area contributed by atoms with Crippen LogP contribution < -0.4 is 0 Å². The summed E-state index contributed by atoms with van der Waals surface area (Å²) in [6, 6.07) is 0.371. The molecule has 1 aromatic heterocycles. The van der Waals surface area contributed by atoms with Gasteiger partial charge in [0.1, 0.15) is 5.82 Å². The van der Waals surface area contributed by atoms with E-state index in [2.05, 4.69) is 29.6 Å². The van der Waals surface area contributed by atoms with Gasteiger partial charge in [-0.2, -0.15) is 0 Å². The molecule has 0 radical (unpaired) electrons. The Morgan fingerprint density at radius 2 is 2.26 bits per heavy atom. The van der Waals surface area contributed by atoms with E-state index in [9.17, 15) is 4.79 Å². The predicted molar refractivity (Wildman–Crippen MR) is 89.4 cm³/mol. The summed E-state index contributed by atoms with van der Waals surface area (Å²) in [5, 5.41) is 0. The van der Waals surface area contributed by atoms with Crippen molar-refractivity contribution < 1.29 is 9.53 Å². The zero-order valence-electron chi connectivity index (χ0n) is 14.4. The van der Waals surface area contributed by atoms with Gasteiger partial charge in [-0.3, -0.25) is 4.79 Å². The number of ether oxygens (including phenoxy) is 1. The normalized spacial score (nSPS) is 25.3. The van der Waals surface area contributed by atoms with Crippen LogP contribution >= 0.6 is 0 Å². The van der Waals surface area contributed by atoms with E-state index in [1.54, 1.807) is 0 Å². The maximum atomic E-state index is 12.5. The Bertz CT molecular complexity index is 520. The minimum absolute atomic E-state index is 0.288. The van der Waals surface area contributed by atoms with Crippen LogP contribution in [0.2, 0.25) is 0 Å². The second-order valence-electron chi connectivity index (χ2n) is 7.16. The lowest BCUT2D eigenvalue weighted by atomic mass is 10.0. The molecule has 3 rings (SSSR count). The number of carbonyl (C=O) groups excluding carboxylic acids is 1. The fourth-order valence-electron chi connectivity index (χ4n) is 3.80. The third kappa shape index (κ3) is 3.94. The van der Waals surface area contributed by atoms with Crippen molar-refractivity contribution in [1.82, 2.24) is 14.5 Å². The molecule has 23 heavy (non-hydrogen) atoms. The topological polar surface area (TPSA) is 47.4 Å². The summed E-state index contributed by atoms with van der Waals surface area (Å²) in [6.45, 7) is 6.93. The van der Waals surface area contributed by atoms with E-state index in [-0.39, 0.29) is 5.91 Å². The highest BCUT2D eigenvalue weighted by Crippen LogP contribution is 2.26. The number of aromatic nitrogens is 2. The Morgan fingerprint density at radius 3 is 3.00 bits per heavy atom. The van der Waals surface area contributed by atoms with Crippen molar-refractivity contribution in [2.45, 2.75) is 70.4 Å². The number of carbonyl (C=O) groups is 1. The molecule has 128 valence electrons. The number of hydrogen-bond donors (Lipinski definition) is 0. The van der Waals surface area contributed by atoms with E-state index >= 15 is 0 Å². The summed E-state index contributed by atoms with van der Waals surface area (Å²) in [5.74, 6) is 1.83. The first-order chi connectivity index (χ1) is 11.1. The lowest BCUT2D eigenvalue weighted by molar-refractivity contribution is -0.133. The number of imidazole rings is 1. The zero-order chi connectivity index (χ0) is 16.2. The summed E-state index contributed by atoms with van der Waals surface area (Å²) < 4.78 is 7.91. The first-order valence-corrected chi connectivity index (χ1v) is 9.07. The Morgan fingerprint density at radius 1 is 1.39 bits per heavy atom. The molecule has 2 aliphatic rings. The monoisotopic (exact) mass is 319 g/mol. The molecule has 0 spiro atoms. The van der Waals surface area contributed by atoms with Gasteiger partial charge in [0, 0.05) is 44.4 Å². The van der Waals surface area contributed by atoms with Gasteiger partial charge >= 0.3 is 0 Å². The summed E-state index contributed by atoms with van der Waals surface area (Å²) in [5.41, 5.74) is 0. The molecule has 5 nitrogen and oxygen atoms in total. The Balaban J connectivity index is 1.56. The van der Waals surface area contributed by atoms with Crippen molar-refractivity contribution in [1.29, 1.82) is 0 Å². The second kappa shape index (κ2) is 7.47. The van der Waals surface area contributed by atoms with Crippen molar-refractivity contribution in [2.24, 2.45) is 0 Å². The largest absolute Gasteiger partial charge is 0.378 e. The van der Waals surface area contributed by atoms with Gasteiger partial charge in [-0.1, -0.05) is 13.8 Å². The van der Waals surface area contributed by atoms with Crippen LogP contribution in [0, 0.1) is 0 Å². The SMILES string of the molecule is CC(C)c1nccn1[C@@H]1CCCN(C(=O)CC[C@@H]2CCCO2)C1. The van der Waals surface area contributed by atoms with Gasteiger partial charge in [-0.05, 0) is 32.1 Å². The van der Waals surface area contributed by atoms with Gasteiger partial charge in [0.25, 0.3) is 0 Å². The van der Waals surface area contributed by atoms with Crippen LogP contribution in [0.3, 0.4) is 0 Å². The molecule has 2 aliphatic heterocycles. The van der Waals surface area contributed by atoms with Crippen LogP contribution in [0.5, 0.6) is 0 Å². The fraction of sp³-hybridized carbons (Fsp3) is 0.778. The Hall–Kier alpha value is -1.36. The van der Waals surface area contributed by atoms with E-state index in [4.69, 9.17) is 4.74 Å². The van der Waals surface area contributed by atoms with Crippen LogP contribution in [-0.2, 0) is 9.53 Å². The lowest BCUT2D eigenvalue weighted by Crippen LogP contribution is -2.41. The predicted octanol–water partition coefficient (Wildman–Crippen LogP) is 3.13. The summed E-state index contributed by atoms with van der Waals surface area (Å²) >= 11 is 0. The Labute approximate surface area is 139 Å². The third-order valence-electron chi connectivity index (χ3n) is 5.06. The fourth-order valence-corrected chi connectivity index (χ4v) is 3.80. The molecule has 2 saturated heterocycles. The first kappa shape index (κ1) is 16.5. The van der Waals surface area contributed by atoms with E-state index < -0.39 is 0 Å². The number of amides is 1. The molecular formula is C18H29N3O2. The maximum absolute atomic E-state index is 12.5. The molecular weight excluding hydrogens is 290 g/mol. The summed E-state index contributed by atoms with van der Waals surface area (Å²) in [6.07, 6.45) is 10.2. The van der Waals surface area contributed by atoms with Crippen LogP contribution in [0.15, 0.2) is 12.4 Å². The molecule has 0 aromatic carbocycles. The minimum Gasteiger partial charge on any atom is -0.378 e. The van der Waals surface area contributed by atoms with Crippen LogP contribution in [0.4, 0.5) is 0 Å². The highest BCUT2D eigenvalue weighted by atomic mass is 16.5. The molecule has 2 fully saturated rings. The van der Waals surface area contributed by atoms with Crippen LogP contribution in [0.1, 0.15) is 70.2 Å². The highest BCUT2D eigenvalue weighted by molar-refractivity contribution is 5.76. The molecule has 3 heterocycles. The van der Waals surface area contributed by atoms with E-state index in [1.807, 2.05) is 11.1 Å². The van der Waals surface area contributed by atoms with Crippen LogP contribution in [-0.4, -0.2) is 46.2 Å².